The van der Waals surface area contributed by atoms with Gasteiger partial charge in [-0.1, -0.05) is 53.5 Å². The van der Waals surface area contributed by atoms with Crippen LogP contribution in [0.3, 0.4) is 0 Å². The van der Waals surface area contributed by atoms with Gasteiger partial charge in [-0.3, -0.25) is 24.0 Å². The van der Waals surface area contributed by atoms with Gasteiger partial charge < -0.3 is 24.8 Å². The SMILES string of the molecule is COc1nc(-c2cccc(-c3cccc(NC(O)c4cn(C)c(=O)n(C)c4=O)c3Cl)c2Cl)cnc1CN1CC(C(=O)O)C1. The number of hydrogen-bond acceptors (Lipinski definition) is 9. The Bertz CT molecular complexity index is 1840. The number of anilines is 1. The highest BCUT2D eigenvalue weighted by Gasteiger charge is 2.33. The van der Waals surface area contributed by atoms with Gasteiger partial charge in [0.15, 0.2) is 6.23 Å². The van der Waals surface area contributed by atoms with E-state index in [0.717, 1.165) is 4.57 Å². The van der Waals surface area contributed by atoms with E-state index in [4.69, 9.17) is 33.0 Å². The smallest absolute Gasteiger partial charge is 0.330 e. The Morgan fingerprint density at radius 1 is 1.09 bits per heavy atom. The molecule has 2 aromatic heterocycles. The summed E-state index contributed by atoms with van der Waals surface area (Å²) in [6.45, 7) is 1.27. The summed E-state index contributed by atoms with van der Waals surface area (Å²) in [6, 6.07) is 10.5. The van der Waals surface area contributed by atoms with Gasteiger partial charge in [0, 0.05) is 56.6 Å². The Kier molecular flexibility index (Phi) is 8.56. The molecule has 4 aromatic rings. The number of likely N-dealkylation sites (tertiary alicyclic amines) is 1. The van der Waals surface area contributed by atoms with Crippen LogP contribution in [0.25, 0.3) is 22.4 Å². The van der Waals surface area contributed by atoms with E-state index in [9.17, 15) is 19.5 Å². The number of carboxylic acids is 1. The molecule has 43 heavy (non-hydrogen) atoms. The first-order valence-electron chi connectivity index (χ1n) is 13.1. The number of aliphatic carboxylic acids is 1. The van der Waals surface area contributed by atoms with Crippen molar-refractivity contribution in [1.29, 1.82) is 0 Å². The van der Waals surface area contributed by atoms with Crippen LogP contribution in [0.2, 0.25) is 10.0 Å². The molecule has 2 aromatic carbocycles. The molecular weight excluding hydrogens is 599 g/mol. The predicted octanol–water partition coefficient (Wildman–Crippen LogP) is 3.14. The second-order valence-corrected chi connectivity index (χ2v) is 10.9. The van der Waals surface area contributed by atoms with Crippen molar-refractivity contribution in [3.63, 3.8) is 0 Å². The number of benzene rings is 2. The molecule has 1 unspecified atom stereocenters. The van der Waals surface area contributed by atoms with Gasteiger partial charge in [-0.25, -0.2) is 9.78 Å². The number of rotatable bonds is 9. The average Bonchev–Trinajstić information content (AvgIpc) is 2.96. The van der Waals surface area contributed by atoms with Gasteiger partial charge in [0.1, 0.15) is 5.69 Å². The van der Waals surface area contributed by atoms with Gasteiger partial charge in [0.05, 0.1) is 46.2 Å². The maximum Gasteiger partial charge on any atom is 0.330 e. The lowest BCUT2D eigenvalue weighted by Gasteiger charge is -2.36. The van der Waals surface area contributed by atoms with Crippen molar-refractivity contribution in [2.45, 2.75) is 12.8 Å². The highest BCUT2D eigenvalue weighted by molar-refractivity contribution is 6.39. The molecule has 1 fully saturated rings. The number of aliphatic hydroxyl groups excluding tert-OH is 1. The summed E-state index contributed by atoms with van der Waals surface area (Å²) in [7, 11) is 4.31. The van der Waals surface area contributed by atoms with Gasteiger partial charge in [-0.2, -0.15) is 0 Å². The second kappa shape index (κ2) is 12.2. The molecule has 224 valence electrons. The zero-order chi connectivity index (χ0) is 31.0. The lowest BCUT2D eigenvalue weighted by Crippen LogP contribution is -2.49. The van der Waals surface area contributed by atoms with Crippen LogP contribution < -0.4 is 21.3 Å². The number of nitrogens with zero attached hydrogens (tertiary/aromatic N) is 5. The Labute approximate surface area is 255 Å². The number of aromatic nitrogens is 4. The summed E-state index contributed by atoms with van der Waals surface area (Å²) in [5.41, 5.74) is 1.92. The van der Waals surface area contributed by atoms with E-state index in [2.05, 4.69) is 15.3 Å². The number of hydrogen-bond donors (Lipinski definition) is 3. The number of aliphatic hydroxyl groups is 1. The van der Waals surface area contributed by atoms with Crippen LogP contribution in [-0.2, 0) is 25.4 Å². The minimum absolute atomic E-state index is 0.0297. The standard InChI is InChI=1S/C29H28Cl2N6O6/c1-35-13-19(27(39)36(2)29(35)42)25(38)33-20-9-5-7-17(24(20)31)16-6-4-8-18(23(16)30)21-10-32-22(26(34-21)43-3)14-37-11-15(12-37)28(40)41/h4-10,13,15,25,33,38H,11-12,14H2,1-3H3,(H,40,41). The quantitative estimate of drug-likeness (QED) is 0.236. The molecule has 0 radical (unpaired) electrons. The zero-order valence-electron chi connectivity index (χ0n) is 23.4. The van der Waals surface area contributed by atoms with Gasteiger partial charge in [0.25, 0.3) is 5.56 Å². The maximum atomic E-state index is 12.6. The lowest BCUT2D eigenvalue weighted by atomic mass is 10.00. The van der Waals surface area contributed by atoms with Crippen molar-refractivity contribution >= 4 is 34.9 Å². The summed E-state index contributed by atoms with van der Waals surface area (Å²) in [5, 5.41) is 23.4. The maximum absolute atomic E-state index is 12.6. The normalized spacial score (nSPS) is 14.3. The Balaban J connectivity index is 1.43. The first-order valence-corrected chi connectivity index (χ1v) is 13.9. The molecule has 1 aliphatic heterocycles. The molecule has 0 bridgehead atoms. The van der Waals surface area contributed by atoms with Crippen molar-refractivity contribution in [2.75, 3.05) is 25.5 Å². The zero-order valence-corrected chi connectivity index (χ0v) is 24.9. The molecule has 1 aliphatic rings. The van der Waals surface area contributed by atoms with E-state index in [-0.39, 0.29) is 16.5 Å². The number of methoxy groups -OCH3 is 1. The molecule has 12 nitrogen and oxygen atoms in total. The van der Waals surface area contributed by atoms with Crippen LogP contribution in [0, 0.1) is 5.92 Å². The molecule has 0 amide bonds. The number of ether oxygens (including phenoxy) is 1. The molecule has 0 saturated carbocycles. The monoisotopic (exact) mass is 626 g/mol. The summed E-state index contributed by atoms with van der Waals surface area (Å²) < 4.78 is 7.60. The van der Waals surface area contributed by atoms with Crippen LogP contribution >= 0.6 is 23.2 Å². The summed E-state index contributed by atoms with van der Waals surface area (Å²) >= 11 is 13.7. The molecule has 3 N–H and O–H groups in total. The molecular formula is C29H28Cl2N6O6. The Morgan fingerprint density at radius 3 is 2.42 bits per heavy atom. The predicted molar refractivity (Wildman–Crippen MR) is 161 cm³/mol. The van der Waals surface area contributed by atoms with Gasteiger partial charge in [-0.15, -0.1) is 0 Å². The van der Waals surface area contributed by atoms with Gasteiger partial charge in [-0.05, 0) is 6.07 Å². The third-order valence-electron chi connectivity index (χ3n) is 7.31. The molecule has 5 rings (SSSR count). The van der Waals surface area contributed by atoms with Crippen molar-refractivity contribution in [3.05, 3.63) is 90.9 Å². The number of aryl methyl sites for hydroxylation is 1. The van der Waals surface area contributed by atoms with Crippen LogP contribution in [-0.4, -0.2) is 60.4 Å². The summed E-state index contributed by atoms with van der Waals surface area (Å²) in [4.78, 5) is 46.9. The number of carboxylic acid groups (broad SMARTS) is 1. The molecule has 1 saturated heterocycles. The molecule has 0 spiro atoms. The van der Waals surface area contributed by atoms with E-state index < -0.39 is 23.4 Å². The fourth-order valence-electron chi connectivity index (χ4n) is 4.90. The van der Waals surface area contributed by atoms with E-state index >= 15 is 0 Å². The fourth-order valence-corrected chi connectivity index (χ4v) is 5.51. The highest BCUT2D eigenvalue weighted by atomic mass is 35.5. The van der Waals surface area contributed by atoms with Crippen LogP contribution in [0.1, 0.15) is 17.5 Å². The minimum atomic E-state index is -1.45. The second-order valence-electron chi connectivity index (χ2n) is 10.2. The van der Waals surface area contributed by atoms with Crippen molar-refractivity contribution in [1.82, 2.24) is 24.0 Å². The highest BCUT2D eigenvalue weighted by Crippen LogP contribution is 2.41. The lowest BCUT2D eigenvalue weighted by molar-refractivity contribution is -0.147. The van der Waals surface area contributed by atoms with E-state index in [1.54, 1.807) is 42.6 Å². The number of nitrogens with one attached hydrogen (secondary N) is 1. The van der Waals surface area contributed by atoms with E-state index in [1.165, 1.54) is 32.0 Å². The average molecular weight is 627 g/mol. The molecule has 14 heteroatoms. The first-order chi connectivity index (χ1) is 20.5. The molecule has 3 heterocycles. The largest absolute Gasteiger partial charge is 0.481 e. The number of carbonyl (C=O) groups is 1. The number of halogens is 2. The summed E-state index contributed by atoms with van der Waals surface area (Å²) in [6.07, 6.45) is 1.41. The van der Waals surface area contributed by atoms with Crippen LogP contribution in [0.5, 0.6) is 5.88 Å². The van der Waals surface area contributed by atoms with E-state index in [1.807, 2.05) is 4.90 Å². The minimum Gasteiger partial charge on any atom is -0.481 e. The molecule has 1 atom stereocenters. The van der Waals surface area contributed by atoms with Crippen molar-refractivity contribution in [3.8, 4) is 28.3 Å². The first kappa shape index (κ1) is 30.2. The Morgan fingerprint density at radius 2 is 1.74 bits per heavy atom. The Hall–Kier alpha value is -4.23. The van der Waals surface area contributed by atoms with E-state index in [0.29, 0.717) is 64.3 Å². The third kappa shape index (κ3) is 5.87. The van der Waals surface area contributed by atoms with Crippen molar-refractivity contribution in [2.24, 2.45) is 20.0 Å². The fraction of sp³-hybridized carbons (Fsp3) is 0.276. The third-order valence-corrected chi connectivity index (χ3v) is 8.12. The van der Waals surface area contributed by atoms with Crippen molar-refractivity contribution < 1.29 is 19.7 Å². The van der Waals surface area contributed by atoms with Gasteiger partial charge in [0.2, 0.25) is 5.88 Å². The van der Waals surface area contributed by atoms with Crippen LogP contribution in [0.4, 0.5) is 5.69 Å². The van der Waals surface area contributed by atoms with Crippen LogP contribution in [0.15, 0.2) is 58.4 Å². The molecule has 0 aliphatic carbocycles. The topological polar surface area (TPSA) is 152 Å². The summed E-state index contributed by atoms with van der Waals surface area (Å²) in [5.74, 6) is -0.892. The van der Waals surface area contributed by atoms with Gasteiger partial charge >= 0.3 is 11.7 Å².